The van der Waals surface area contributed by atoms with Crippen molar-refractivity contribution >= 4 is 27.3 Å². The van der Waals surface area contributed by atoms with Crippen LogP contribution in [0.4, 0.5) is 5.69 Å². The first kappa shape index (κ1) is 20.4. The van der Waals surface area contributed by atoms with Gasteiger partial charge in [-0.15, -0.1) is 6.58 Å². The van der Waals surface area contributed by atoms with Gasteiger partial charge in [-0.25, -0.2) is 8.42 Å². The Labute approximate surface area is 159 Å². The van der Waals surface area contributed by atoms with E-state index in [0.29, 0.717) is 17.8 Å². The summed E-state index contributed by atoms with van der Waals surface area (Å²) in [5.74, 6) is -1.14. The van der Waals surface area contributed by atoms with Crippen LogP contribution in [0.5, 0.6) is 0 Å². The maximum absolute atomic E-state index is 12.3. The highest BCUT2D eigenvalue weighted by Gasteiger charge is 2.18. The van der Waals surface area contributed by atoms with Gasteiger partial charge in [0.15, 0.2) is 9.84 Å². The van der Waals surface area contributed by atoms with Crippen LogP contribution in [0.1, 0.15) is 22.3 Å². The minimum Gasteiger partial charge on any atom is -0.349 e. The summed E-state index contributed by atoms with van der Waals surface area (Å²) < 4.78 is 24.7. The molecule has 0 aliphatic heterocycles. The summed E-state index contributed by atoms with van der Waals surface area (Å²) in [6.45, 7) is 5.70. The highest BCUT2D eigenvalue weighted by Crippen LogP contribution is 2.17. The Kier molecular flexibility index (Phi) is 6.90. The third kappa shape index (κ3) is 5.79. The standard InChI is InChI=1S/C20H22N2O4S/c1-3-13-21-20(24)17-6-4-5-7-18(17)22-19(23)12-14-27(25,26)16-10-8-15(2)9-11-16/h3-11H,1,12-14H2,2H3,(H,21,24)(H,22,23). The van der Waals surface area contributed by atoms with Crippen LogP contribution in [0.3, 0.4) is 0 Å². The normalized spacial score (nSPS) is 10.9. The molecule has 0 fully saturated rings. The third-order valence-corrected chi connectivity index (χ3v) is 5.56. The van der Waals surface area contributed by atoms with Crippen molar-refractivity contribution in [3.8, 4) is 0 Å². The van der Waals surface area contributed by atoms with Crippen molar-refractivity contribution in [1.82, 2.24) is 5.32 Å². The minimum absolute atomic E-state index is 0.185. The molecule has 0 unspecified atom stereocenters. The number of amides is 2. The van der Waals surface area contributed by atoms with Gasteiger partial charge in [0.2, 0.25) is 5.91 Å². The molecular weight excluding hydrogens is 364 g/mol. The second-order valence-corrected chi connectivity index (χ2v) is 8.08. The highest BCUT2D eigenvalue weighted by molar-refractivity contribution is 7.91. The molecule has 0 saturated heterocycles. The fourth-order valence-corrected chi connectivity index (χ4v) is 3.59. The van der Waals surface area contributed by atoms with Crippen LogP contribution in [0.15, 0.2) is 66.1 Å². The van der Waals surface area contributed by atoms with Crippen molar-refractivity contribution in [3.63, 3.8) is 0 Å². The molecule has 7 heteroatoms. The van der Waals surface area contributed by atoms with E-state index >= 15 is 0 Å². The molecule has 0 heterocycles. The summed E-state index contributed by atoms with van der Waals surface area (Å²) in [5.41, 5.74) is 1.59. The molecule has 2 N–H and O–H groups in total. The summed E-state index contributed by atoms with van der Waals surface area (Å²) in [6, 6.07) is 13.0. The Morgan fingerprint density at radius 3 is 2.41 bits per heavy atom. The van der Waals surface area contributed by atoms with Crippen LogP contribution in [0.25, 0.3) is 0 Å². The first-order valence-corrected chi connectivity index (χ1v) is 10.1. The Morgan fingerprint density at radius 2 is 1.74 bits per heavy atom. The van der Waals surface area contributed by atoms with Gasteiger partial charge in [0.05, 0.1) is 21.9 Å². The van der Waals surface area contributed by atoms with Crippen LogP contribution >= 0.6 is 0 Å². The molecule has 142 valence electrons. The van der Waals surface area contributed by atoms with Crippen LogP contribution in [-0.2, 0) is 14.6 Å². The smallest absolute Gasteiger partial charge is 0.253 e. The largest absolute Gasteiger partial charge is 0.349 e. The Balaban J connectivity index is 2.03. The van der Waals surface area contributed by atoms with E-state index in [2.05, 4.69) is 17.2 Å². The summed E-state index contributed by atoms with van der Waals surface area (Å²) >= 11 is 0. The van der Waals surface area contributed by atoms with E-state index in [1.165, 1.54) is 12.1 Å². The number of para-hydroxylation sites is 1. The van der Waals surface area contributed by atoms with E-state index in [1.54, 1.807) is 42.5 Å². The van der Waals surface area contributed by atoms with Gasteiger partial charge in [-0.3, -0.25) is 9.59 Å². The van der Waals surface area contributed by atoms with Crippen LogP contribution < -0.4 is 10.6 Å². The van der Waals surface area contributed by atoms with E-state index in [9.17, 15) is 18.0 Å². The summed E-state index contributed by atoms with van der Waals surface area (Å²) in [6.07, 6.45) is 1.34. The van der Waals surface area contributed by atoms with Gasteiger partial charge in [-0.2, -0.15) is 0 Å². The fourth-order valence-electron chi connectivity index (χ4n) is 2.35. The van der Waals surface area contributed by atoms with Gasteiger partial charge < -0.3 is 10.6 Å². The Hall–Kier alpha value is -2.93. The highest BCUT2D eigenvalue weighted by atomic mass is 32.2. The average molecular weight is 386 g/mol. The lowest BCUT2D eigenvalue weighted by Crippen LogP contribution is -2.25. The van der Waals surface area contributed by atoms with Gasteiger partial charge in [0.1, 0.15) is 0 Å². The van der Waals surface area contributed by atoms with Crippen molar-refractivity contribution in [3.05, 3.63) is 72.3 Å². The van der Waals surface area contributed by atoms with E-state index in [0.717, 1.165) is 5.56 Å². The molecule has 0 radical (unpaired) electrons. The minimum atomic E-state index is -3.55. The molecule has 0 aromatic heterocycles. The quantitative estimate of drug-likeness (QED) is 0.682. The number of hydrogen-bond acceptors (Lipinski definition) is 4. The van der Waals surface area contributed by atoms with Gasteiger partial charge in [-0.1, -0.05) is 35.9 Å². The molecule has 0 aliphatic rings. The monoisotopic (exact) mass is 386 g/mol. The number of rotatable bonds is 8. The number of carbonyl (C=O) groups is 2. The first-order chi connectivity index (χ1) is 12.8. The Bertz CT molecular complexity index is 935. The molecular formula is C20H22N2O4S. The molecule has 0 atom stereocenters. The number of benzene rings is 2. The van der Waals surface area contributed by atoms with Gasteiger partial charge in [-0.05, 0) is 31.2 Å². The number of anilines is 1. The van der Waals surface area contributed by atoms with Crippen LogP contribution in [-0.4, -0.2) is 32.5 Å². The van der Waals surface area contributed by atoms with Gasteiger partial charge in [0, 0.05) is 13.0 Å². The zero-order valence-electron chi connectivity index (χ0n) is 15.1. The van der Waals surface area contributed by atoms with Crippen molar-refractivity contribution in [2.24, 2.45) is 0 Å². The van der Waals surface area contributed by atoms with Crippen molar-refractivity contribution in [2.75, 3.05) is 17.6 Å². The van der Waals surface area contributed by atoms with E-state index < -0.39 is 15.7 Å². The summed E-state index contributed by atoms with van der Waals surface area (Å²) in [4.78, 5) is 24.5. The summed E-state index contributed by atoms with van der Waals surface area (Å²) in [5, 5.41) is 5.25. The SMILES string of the molecule is C=CCNC(=O)c1ccccc1NC(=O)CCS(=O)(=O)c1ccc(C)cc1. The maximum atomic E-state index is 12.3. The molecule has 0 saturated carbocycles. The van der Waals surface area contributed by atoms with Crippen molar-refractivity contribution < 1.29 is 18.0 Å². The zero-order chi connectivity index (χ0) is 19.9. The zero-order valence-corrected chi connectivity index (χ0v) is 15.9. The topological polar surface area (TPSA) is 92.3 Å². The molecule has 0 spiro atoms. The van der Waals surface area contributed by atoms with Gasteiger partial charge >= 0.3 is 0 Å². The lowest BCUT2D eigenvalue weighted by molar-refractivity contribution is -0.115. The number of aryl methyl sites for hydroxylation is 1. The molecule has 0 bridgehead atoms. The van der Waals surface area contributed by atoms with Crippen LogP contribution in [0.2, 0.25) is 0 Å². The lowest BCUT2D eigenvalue weighted by atomic mass is 10.1. The second-order valence-electron chi connectivity index (χ2n) is 5.97. The predicted molar refractivity (Wildman–Crippen MR) is 105 cm³/mol. The molecule has 2 rings (SSSR count). The number of nitrogens with one attached hydrogen (secondary N) is 2. The fraction of sp³-hybridized carbons (Fsp3) is 0.200. The second kappa shape index (κ2) is 9.14. The van der Waals surface area contributed by atoms with E-state index in [4.69, 9.17) is 0 Å². The molecule has 0 aliphatic carbocycles. The predicted octanol–water partition coefficient (Wildman–Crippen LogP) is 2.71. The first-order valence-electron chi connectivity index (χ1n) is 8.41. The molecule has 2 amide bonds. The Morgan fingerprint density at radius 1 is 1.07 bits per heavy atom. The number of hydrogen-bond donors (Lipinski definition) is 2. The maximum Gasteiger partial charge on any atom is 0.253 e. The van der Waals surface area contributed by atoms with Gasteiger partial charge in [0.25, 0.3) is 5.91 Å². The van der Waals surface area contributed by atoms with Crippen LogP contribution in [0, 0.1) is 6.92 Å². The summed E-state index contributed by atoms with van der Waals surface area (Å²) in [7, 11) is -3.55. The third-order valence-electron chi connectivity index (χ3n) is 3.83. The van der Waals surface area contributed by atoms with Crippen molar-refractivity contribution in [1.29, 1.82) is 0 Å². The molecule has 27 heavy (non-hydrogen) atoms. The molecule has 6 nitrogen and oxygen atoms in total. The van der Waals surface area contributed by atoms with E-state index in [1.807, 2.05) is 6.92 Å². The number of sulfone groups is 1. The molecule has 2 aromatic carbocycles. The van der Waals surface area contributed by atoms with E-state index in [-0.39, 0.29) is 23.0 Å². The van der Waals surface area contributed by atoms with Crippen molar-refractivity contribution in [2.45, 2.75) is 18.2 Å². The lowest BCUT2D eigenvalue weighted by Gasteiger charge is -2.11. The number of carbonyl (C=O) groups excluding carboxylic acids is 2. The average Bonchev–Trinajstić information content (AvgIpc) is 2.65. The molecule has 2 aromatic rings.